The molecule has 0 bridgehead atoms. The fourth-order valence-corrected chi connectivity index (χ4v) is 1.76. The normalized spacial score (nSPS) is 10.1. The standard InChI is InChI=1S/C11H16BrN/c1-3-13(9-8-12)11-6-4-10(2)5-7-11/h4-7H,3,8-9H2,1-2H3. The van der Waals surface area contributed by atoms with E-state index in [1.54, 1.807) is 0 Å². The van der Waals surface area contributed by atoms with Crippen LogP contribution in [0.5, 0.6) is 0 Å². The Morgan fingerprint density at radius 3 is 2.31 bits per heavy atom. The topological polar surface area (TPSA) is 3.24 Å². The van der Waals surface area contributed by atoms with Crippen molar-refractivity contribution in [1.82, 2.24) is 0 Å². The van der Waals surface area contributed by atoms with Crippen molar-refractivity contribution < 1.29 is 0 Å². The lowest BCUT2D eigenvalue weighted by Crippen LogP contribution is -2.24. The van der Waals surface area contributed by atoms with Crippen LogP contribution in [0.1, 0.15) is 12.5 Å². The zero-order valence-electron chi connectivity index (χ0n) is 8.26. The predicted octanol–water partition coefficient (Wildman–Crippen LogP) is 3.22. The van der Waals surface area contributed by atoms with E-state index in [-0.39, 0.29) is 0 Å². The Bertz CT molecular complexity index is 243. The molecule has 0 N–H and O–H groups in total. The average molecular weight is 242 g/mol. The van der Waals surface area contributed by atoms with Crippen LogP contribution in [0.4, 0.5) is 5.69 Å². The molecule has 0 aliphatic heterocycles. The third-order valence-electron chi connectivity index (χ3n) is 2.14. The summed E-state index contributed by atoms with van der Waals surface area (Å²) in [4.78, 5) is 2.36. The zero-order valence-corrected chi connectivity index (χ0v) is 9.84. The van der Waals surface area contributed by atoms with Gasteiger partial charge in [0.2, 0.25) is 0 Å². The molecule has 0 fully saturated rings. The molecule has 0 saturated carbocycles. The van der Waals surface area contributed by atoms with Crippen LogP contribution in [0.15, 0.2) is 24.3 Å². The van der Waals surface area contributed by atoms with E-state index >= 15 is 0 Å². The van der Waals surface area contributed by atoms with Gasteiger partial charge in [-0.2, -0.15) is 0 Å². The van der Waals surface area contributed by atoms with E-state index in [1.165, 1.54) is 11.3 Å². The van der Waals surface area contributed by atoms with Gasteiger partial charge >= 0.3 is 0 Å². The van der Waals surface area contributed by atoms with E-state index < -0.39 is 0 Å². The van der Waals surface area contributed by atoms with E-state index in [0.717, 1.165) is 18.4 Å². The van der Waals surface area contributed by atoms with E-state index in [1.807, 2.05) is 0 Å². The highest BCUT2D eigenvalue weighted by atomic mass is 79.9. The van der Waals surface area contributed by atoms with Crippen LogP contribution >= 0.6 is 15.9 Å². The van der Waals surface area contributed by atoms with Gasteiger partial charge in [0.1, 0.15) is 0 Å². The second kappa shape index (κ2) is 5.28. The number of alkyl halides is 1. The van der Waals surface area contributed by atoms with Gasteiger partial charge in [0, 0.05) is 24.1 Å². The van der Waals surface area contributed by atoms with Crippen LogP contribution in [0.2, 0.25) is 0 Å². The van der Waals surface area contributed by atoms with Crippen molar-refractivity contribution in [3.05, 3.63) is 29.8 Å². The van der Waals surface area contributed by atoms with Gasteiger partial charge < -0.3 is 4.90 Å². The first kappa shape index (κ1) is 10.6. The van der Waals surface area contributed by atoms with Crippen LogP contribution in [0.25, 0.3) is 0 Å². The minimum atomic E-state index is 1.02. The van der Waals surface area contributed by atoms with Crippen molar-refractivity contribution in [3.8, 4) is 0 Å². The Balaban J connectivity index is 2.73. The maximum absolute atomic E-state index is 3.46. The van der Waals surface area contributed by atoms with Crippen LogP contribution in [-0.2, 0) is 0 Å². The second-order valence-electron chi connectivity index (χ2n) is 3.10. The number of hydrogen-bond acceptors (Lipinski definition) is 1. The average Bonchev–Trinajstić information content (AvgIpc) is 2.16. The molecule has 0 aromatic heterocycles. The van der Waals surface area contributed by atoms with Crippen molar-refractivity contribution in [2.45, 2.75) is 13.8 Å². The van der Waals surface area contributed by atoms with Crippen LogP contribution in [0, 0.1) is 6.92 Å². The van der Waals surface area contributed by atoms with Crippen molar-refractivity contribution in [2.24, 2.45) is 0 Å². The molecule has 13 heavy (non-hydrogen) atoms. The number of hydrogen-bond donors (Lipinski definition) is 0. The molecule has 0 spiro atoms. The molecule has 0 saturated heterocycles. The number of anilines is 1. The Kier molecular flexibility index (Phi) is 4.29. The molecule has 0 aliphatic carbocycles. The van der Waals surface area contributed by atoms with Gasteiger partial charge in [-0.3, -0.25) is 0 Å². The van der Waals surface area contributed by atoms with E-state index in [2.05, 4.69) is 58.9 Å². The minimum absolute atomic E-state index is 1.02. The van der Waals surface area contributed by atoms with Crippen LogP contribution in [-0.4, -0.2) is 18.4 Å². The number of halogens is 1. The Labute approximate surface area is 88.9 Å². The van der Waals surface area contributed by atoms with Gasteiger partial charge in [-0.05, 0) is 26.0 Å². The summed E-state index contributed by atoms with van der Waals surface area (Å²) in [5.74, 6) is 0. The van der Waals surface area contributed by atoms with Crippen molar-refractivity contribution in [1.29, 1.82) is 0 Å². The smallest absolute Gasteiger partial charge is 0.0366 e. The number of benzene rings is 1. The summed E-state index contributed by atoms with van der Waals surface area (Å²) in [5.41, 5.74) is 2.63. The number of nitrogens with zero attached hydrogens (tertiary/aromatic N) is 1. The molecule has 1 aromatic rings. The predicted molar refractivity (Wildman–Crippen MR) is 62.9 cm³/mol. The van der Waals surface area contributed by atoms with E-state index in [9.17, 15) is 0 Å². The van der Waals surface area contributed by atoms with Gasteiger partial charge in [-0.25, -0.2) is 0 Å². The lowest BCUT2D eigenvalue weighted by molar-refractivity contribution is 0.875. The van der Waals surface area contributed by atoms with Gasteiger partial charge in [0.25, 0.3) is 0 Å². The number of aryl methyl sites for hydroxylation is 1. The minimum Gasteiger partial charge on any atom is -0.371 e. The second-order valence-corrected chi connectivity index (χ2v) is 3.90. The fraction of sp³-hybridized carbons (Fsp3) is 0.455. The third kappa shape index (κ3) is 3.03. The largest absolute Gasteiger partial charge is 0.371 e. The first-order valence-electron chi connectivity index (χ1n) is 4.65. The molecular weight excluding hydrogens is 226 g/mol. The van der Waals surface area contributed by atoms with Gasteiger partial charge in [0.05, 0.1) is 0 Å². The highest BCUT2D eigenvalue weighted by Gasteiger charge is 2.01. The van der Waals surface area contributed by atoms with Crippen LogP contribution < -0.4 is 4.90 Å². The molecule has 0 unspecified atom stereocenters. The fourth-order valence-electron chi connectivity index (χ4n) is 1.33. The molecule has 1 nitrogen and oxygen atoms in total. The molecule has 0 heterocycles. The summed E-state index contributed by atoms with van der Waals surface area (Å²) in [6.07, 6.45) is 0. The van der Waals surface area contributed by atoms with Crippen molar-refractivity contribution in [2.75, 3.05) is 23.3 Å². The maximum Gasteiger partial charge on any atom is 0.0366 e. The quantitative estimate of drug-likeness (QED) is 0.733. The molecule has 0 atom stereocenters. The summed E-state index contributed by atoms with van der Waals surface area (Å²) < 4.78 is 0. The van der Waals surface area contributed by atoms with Crippen LogP contribution in [0.3, 0.4) is 0 Å². The van der Waals surface area contributed by atoms with Gasteiger partial charge in [0.15, 0.2) is 0 Å². The SMILES string of the molecule is CCN(CCBr)c1ccc(C)cc1. The summed E-state index contributed by atoms with van der Waals surface area (Å²) in [5, 5.41) is 1.02. The molecular formula is C11H16BrN. The highest BCUT2D eigenvalue weighted by molar-refractivity contribution is 9.09. The Morgan fingerprint density at radius 2 is 1.85 bits per heavy atom. The molecule has 1 rings (SSSR count). The summed E-state index contributed by atoms with van der Waals surface area (Å²) >= 11 is 3.46. The maximum atomic E-state index is 3.46. The molecule has 0 aliphatic rings. The summed E-state index contributed by atoms with van der Waals surface area (Å²) in [6, 6.07) is 8.68. The molecule has 72 valence electrons. The monoisotopic (exact) mass is 241 g/mol. The number of rotatable bonds is 4. The van der Waals surface area contributed by atoms with Gasteiger partial charge in [-0.1, -0.05) is 33.6 Å². The van der Waals surface area contributed by atoms with Crippen molar-refractivity contribution in [3.63, 3.8) is 0 Å². The molecule has 2 heteroatoms. The summed E-state index contributed by atoms with van der Waals surface area (Å²) in [6.45, 7) is 6.43. The third-order valence-corrected chi connectivity index (χ3v) is 2.49. The lowest BCUT2D eigenvalue weighted by Gasteiger charge is -2.21. The Morgan fingerprint density at radius 1 is 1.23 bits per heavy atom. The first-order valence-corrected chi connectivity index (χ1v) is 5.77. The highest BCUT2D eigenvalue weighted by Crippen LogP contribution is 2.14. The molecule has 0 amide bonds. The Hall–Kier alpha value is -0.500. The summed E-state index contributed by atoms with van der Waals surface area (Å²) in [7, 11) is 0. The zero-order chi connectivity index (χ0) is 9.68. The van der Waals surface area contributed by atoms with Crippen molar-refractivity contribution >= 4 is 21.6 Å². The first-order chi connectivity index (χ1) is 6.27. The van der Waals surface area contributed by atoms with E-state index in [0.29, 0.717) is 0 Å². The van der Waals surface area contributed by atoms with E-state index in [4.69, 9.17) is 0 Å². The molecule has 0 radical (unpaired) electrons. The lowest BCUT2D eigenvalue weighted by atomic mass is 10.2. The van der Waals surface area contributed by atoms with Gasteiger partial charge in [-0.15, -0.1) is 0 Å². The molecule has 1 aromatic carbocycles.